The fraction of sp³-hybridized carbons (Fsp3) is 0.0588. The van der Waals surface area contributed by atoms with Gasteiger partial charge in [0.15, 0.2) is 0 Å². The summed E-state index contributed by atoms with van der Waals surface area (Å²) >= 11 is 3.04. The fourth-order valence-electron chi connectivity index (χ4n) is 2.96. The smallest absolute Gasteiger partial charge is 0.266 e. The van der Waals surface area contributed by atoms with Crippen molar-refractivity contribution in [2.24, 2.45) is 0 Å². The van der Waals surface area contributed by atoms with Gasteiger partial charge in [-0.2, -0.15) is 0 Å². The minimum absolute atomic E-state index is 0.0659. The zero-order valence-electron chi connectivity index (χ0n) is 12.9. The summed E-state index contributed by atoms with van der Waals surface area (Å²) in [6.07, 6.45) is 2.81. The molecule has 0 aliphatic heterocycles. The first kappa shape index (κ1) is 16.4. The first-order valence-corrected chi connectivity index (χ1v) is 8.25. The van der Waals surface area contributed by atoms with E-state index in [1.807, 2.05) is 0 Å². The maximum Gasteiger partial charge on any atom is 0.266 e. The third-order valence-corrected chi connectivity index (χ3v) is 4.80. The number of H-pyrrole nitrogens is 2. The minimum Gasteiger partial charge on any atom is -0.355 e. The lowest BCUT2D eigenvalue weighted by molar-refractivity contribution is 0.619. The standard InChI is InChI=1S/C17H9BrFN3O4/c18-8-5-7(1-2-9(8)19)6-22-16(25)10-11(17(22)26)15(24)13-12(14(10)23)20-3-4-21-13/h1-5,20-21H,6H2. The Kier molecular flexibility index (Phi) is 3.62. The third-order valence-electron chi connectivity index (χ3n) is 4.19. The van der Waals surface area contributed by atoms with Gasteiger partial charge in [-0.3, -0.25) is 23.7 Å². The normalized spacial score (nSPS) is 11.5. The average Bonchev–Trinajstić information content (AvgIpc) is 2.88. The molecule has 0 unspecified atom stereocenters. The van der Waals surface area contributed by atoms with E-state index in [2.05, 4.69) is 25.9 Å². The van der Waals surface area contributed by atoms with Crippen LogP contribution >= 0.6 is 15.9 Å². The van der Waals surface area contributed by atoms with Crippen molar-refractivity contribution in [3.05, 3.63) is 87.6 Å². The Morgan fingerprint density at radius 1 is 0.923 bits per heavy atom. The Hall–Kier alpha value is -3.07. The molecule has 0 aliphatic rings. The molecule has 0 amide bonds. The fourth-order valence-corrected chi connectivity index (χ4v) is 3.39. The molecule has 0 aliphatic carbocycles. The van der Waals surface area contributed by atoms with Crippen LogP contribution in [0.15, 0.2) is 54.2 Å². The van der Waals surface area contributed by atoms with Crippen LogP contribution in [0.1, 0.15) is 5.56 Å². The van der Waals surface area contributed by atoms with Gasteiger partial charge in [-0.25, -0.2) is 4.39 Å². The van der Waals surface area contributed by atoms with Crippen LogP contribution < -0.4 is 22.0 Å². The minimum atomic E-state index is -0.841. The quantitative estimate of drug-likeness (QED) is 0.512. The molecule has 0 radical (unpaired) electrons. The molecular formula is C17H9BrFN3O4. The van der Waals surface area contributed by atoms with E-state index in [1.54, 1.807) is 0 Å². The SMILES string of the molecule is O=c1c2[nH]cc[nH]c2c(=O)c2c(=O)n(Cc3ccc(F)c(Br)c3)c(=O)c12. The van der Waals surface area contributed by atoms with Gasteiger partial charge in [-0.1, -0.05) is 6.07 Å². The number of hydrogen-bond donors (Lipinski definition) is 2. The zero-order valence-corrected chi connectivity index (χ0v) is 14.5. The van der Waals surface area contributed by atoms with Crippen LogP contribution in [-0.2, 0) is 6.54 Å². The highest BCUT2D eigenvalue weighted by Crippen LogP contribution is 2.17. The monoisotopic (exact) mass is 417 g/mol. The van der Waals surface area contributed by atoms with E-state index in [0.717, 1.165) is 4.57 Å². The molecule has 26 heavy (non-hydrogen) atoms. The van der Waals surface area contributed by atoms with Gasteiger partial charge in [0.1, 0.15) is 27.6 Å². The Balaban J connectivity index is 2.06. The molecule has 2 heterocycles. The van der Waals surface area contributed by atoms with Gasteiger partial charge in [0.2, 0.25) is 10.9 Å². The molecule has 0 saturated heterocycles. The molecule has 0 spiro atoms. The summed E-state index contributed by atoms with van der Waals surface area (Å²) in [5, 5.41) is -0.881. The summed E-state index contributed by atoms with van der Waals surface area (Å²) in [5.74, 6) is -0.489. The number of fused-ring (bicyclic) bond motifs is 2. The van der Waals surface area contributed by atoms with Crippen molar-refractivity contribution in [3.8, 4) is 0 Å². The summed E-state index contributed by atoms with van der Waals surface area (Å²) in [7, 11) is 0. The Morgan fingerprint density at radius 2 is 1.46 bits per heavy atom. The zero-order chi connectivity index (χ0) is 18.6. The number of benzene rings is 2. The molecule has 130 valence electrons. The van der Waals surface area contributed by atoms with Gasteiger partial charge in [0, 0.05) is 12.4 Å². The van der Waals surface area contributed by atoms with Crippen LogP contribution in [-0.4, -0.2) is 14.5 Å². The first-order chi connectivity index (χ1) is 12.4. The molecule has 0 bridgehead atoms. The van der Waals surface area contributed by atoms with Crippen LogP contribution in [0.25, 0.3) is 21.8 Å². The molecule has 7 nitrogen and oxygen atoms in total. The highest BCUT2D eigenvalue weighted by atomic mass is 79.9. The molecule has 0 atom stereocenters. The maximum atomic E-state index is 13.4. The van der Waals surface area contributed by atoms with E-state index in [0.29, 0.717) is 5.56 Å². The van der Waals surface area contributed by atoms with Gasteiger partial charge >= 0.3 is 0 Å². The van der Waals surface area contributed by atoms with Crippen molar-refractivity contribution in [1.29, 1.82) is 0 Å². The summed E-state index contributed by atoms with van der Waals surface area (Å²) in [6.45, 7) is -0.187. The van der Waals surface area contributed by atoms with E-state index in [1.165, 1.54) is 30.6 Å². The number of hydrogen-bond acceptors (Lipinski definition) is 4. The Bertz CT molecular complexity index is 1340. The highest BCUT2D eigenvalue weighted by molar-refractivity contribution is 9.10. The van der Waals surface area contributed by atoms with Crippen LogP contribution in [0.5, 0.6) is 0 Å². The molecule has 2 N–H and O–H groups in total. The van der Waals surface area contributed by atoms with Crippen LogP contribution in [0.4, 0.5) is 4.39 Å². The van der Waals surface area contributed by atoms with Crippen molar-refractivity contribution >= 4 is 37.7 Å². The summed E-state index contributed by atoms with van der Waals surface area (Å²) in [5.41, 5.74) is -2.78. The number of aromatic amines is 2. The predicted octanol–water partition coefficient (Wildman–Crippen LogP) is 1.28. The van der Waals surface area contributed by atoms with Gasteiger partial charge in [-0.15, -0.1) is 0 Å². The predicted molar refractivity (Wildman–Crippen MR) is 97.6 cm³/mol. The van der Waals surface area contributed by atoms with Crippen molar-refractivity contribution in [2.45, 2.75) is 6.54 Å². The lowest BCUT2D eigenvalue weighted by atomic mass is 10.1. The maximum absolute atomic E-state index is 13.4. The molecule has 4 aromatic rings. The largest absolute Gasteiger partial charge is 0.355 e. The summed E-state index contributed by atoms with van der Waals surface area (Å²) < 4.78 is 14.4. The number of rotatable bonds is 2. The lowest BCUT2D eigenvalue weighted by Crippen LogP contribution is -2.27. The van der Waals surface area contributed by atoms with E-state index in [-0.39, 0.29) is 22.1 Å². The molecular weight excluding hydrogens is 409 g/mol. The van der Waals surface area contributed by atoms with Crippen molar-refractivity contribution in [3.63, 3.8) is 0 Å². The first-order valence-electron chi connectivity index (χ1n) is 7.46. The van der Waals surface area contributed by atoms with Gasteiger partial charge in [0.25, 0.3) is 11.1 Å². The van der Waals surface area contributed by atoms with Gasteiger partial charge in [-0.05, 0) is 33.6 Å². The van der Waals surface area contributed by atoms with Crippen LogP contribution in [0.2, 0.25) is 0 Å². The third kappa shape index (κ3) is 2.24. The lowest BCUT2D eigenvalue weighted by Gasteiger charge is -2.02. The number of aromatic nitrogens is 3. The Labute approximate surface area is 151 Å². The Morgan fingerprint density at radius 3 is 1.96 bits per heavy atom. The molecule has 0 saturated carbocycles. The van der Waals surface area contributed by atoms with Crippen LogP contribution in [0.3, 0.4) is 0 Å². The topological polar surface area (TPSA) is 105 Å². The van der Waals surface area contributed by atoms with Gasteiger partial charge in [0.05, 0.1) is 11.0 Å². The second-order valence-electron chi connectivity index (χ2n) is 5.73. The van der Waals surface area contributed by atoms with E-state index < -0.39 is 38.6 Å². The summed E-state index contributed by atoms with van der Waals surface area (Å²) in [6, 6.07) is 4.03. The molecule has 2 aromatic carbocycles. The number of nitrogens with zero attached hydrogens (tertiary/aromatic N) is 1. The van der Waals surface area contributed by atoms with Crippen molar-refractivity contribution in [1.82, 2.24) is 14.5 Å². The average molecular weight is 418 g/mol. The second-order valence-corrected chi connectivity index (χ2v) is 6.58. The summed E-state index contributed by atoms with van der Waals surface area (Å²) in [4.78, 5) is 55.7. The van der Waals surface area contributed by atoms with Crippen molar-refractivity contribution < 1.29 is 4.39 Å². The number of nitrogens with one attached hydrogen (secondary N) is 2. The molecule has 4 rings (SSSR count). The van der Waals surface area contributed by atoms with Gasteiger partial charge < -0.3 is 9.97 Å². The molecule has 2 aromatic heterocycles. The second kappa shape index (κ2) is 5.73. The molecule has 9 heteroatoms. The highest BCUT2D eigenvalue weighted by Gasteiger charge is 2.22. The van der Waals surface area contributed by atoms with E-state index in [9.17, 15) is 23.6 Å². The van der Waals surface area contributed by atoms with Crippen LogP contribution in [0, 0.1) is 5.82 Å². The van der Waals surface area contributed by atoms with Crippen molar-refractivity contribution in [2.75, 3.05) is 0 Å². The molecule has 0 fully saturated rings. The van der Waals surface area contributed by atoms with E-state index >= 15 is 0 Å². The van der Waals surface area contributed by atoms with E-state index in [4.69, 9.17) is 0 Å². The number of halogens is 2.